The zero-order chi connectivity index (χ0) is 18.7. The fourth-order valence-corrected chi connectivity index (χ4v) is 2.85. The molecule has 0 aliphatic carbocycles. The van der Waals surface area contributed by atoms with Crippen molar-refractivity contribution >= 4 is 11.8 Å². The van der Waals surface area contributed by atoms with E-state index in [1.807, 2.05) is 74.2 Å². The molecule has 0 atom stereocenters. The van der Waals surface area contributed by atoms with Gasteiger partial charge in [-0.1, -0.05) is 42.5 Å². The SMILES string of the molecule is CCN(Cc1ccccc1)c1nn(-c2cccc(C)c2C)nc1C(=O)O. The summed E-state index contributed by atoms with van der Waals surface area (Å²) in [5.41, 5.74) is 3.97. The lowest BCUT2D eigenvalue weighted by Crippen LogP contribution is -2.24. The van der Waals surface area contributed by atoms with Crippen LogP contribution in [0.5, 0.6) is 0 Å². The number of carboxylic acids is 1. The number of hydrogen-bond donors (Lipinski definition) is 1. The number of hydrogen-bond acceptors (Lipinski definition) is 4. The van der Waals surface area contributed by atoms with E-state index in [1.165, 1.54) is 4.80 Å². The van der Waals surface area contributed by atoms with E-state index in [2.05, 4.69) is 10.2 Å². The van der Waals surface area contributed by atoms with Crippen LogP contribution in [0.15, 0.2) is 48.5 Å². The van der Waals surface area contributed by atoms with Crippen LogP contribution in [-0.4, -0.2) is 32.6 Å². The van der Waals surface area contributed by atoms with Crippen molar-refractivity contribution < 1.29 is 9.90 Å². The predicted octanol–water partition coefficient (Wildman–Crippen LogP) is 3.61. The van der Waals surface area contributed by atoms with Crippen molar-refractivity contribution in [2.45, 2.75) is 27.3 Å². The van der Waals surface area contributed by atoms with Crippen molar-refractivity contribution in [3.8, 4) is 5.69 Å². The molecule has 134 valence electrons. The number of carboxylic acid groups (broad SMARTS) is 1. The van der Waals surface area contributed by atoms with Gasteiger partial charge in [0.1, 0.15) is 0 Å². The summed E-state index contributed by atoms with van der Waals surface area (Å²) in [5, 5.41) is 18.4. The minimum Gasteiger partial charge on any atom is -0.476 e. The van der Waals surface area contributed by atoms with Crippen LogP contribution in [0, 0.1) is 13.8 Å². The van der Waals surface area contributed by atoms with Crippen molar-refractivity contribution in [3.63, 3.8) is 0 Å². The summed E-state index contributed by atoms with van der Waals surface area (Å²) in [6.07, 6.45) is 0. The van der Waals surface area contributed by atoms with Crippen LogP contribution in [-0.2, 0) is 6.54 Å². The van der Waals surface area contributed by atoms with Crippen molar-refractivity contribution in [1.29, 1.82) is 0 Å². The van der Waals surface area contributed by atoms with E-state index >= 15 is 0 Å². The second-order valence-corrected chi connectivity index (χ2v) is 6.19. The van der Waals surface area contributed by atoms with Crippen molar-refractivity contribution in [3.05, 3.63) is 70.9 Å². The number of rotatable bonds is 6. The van der Waals surface area contributed by atoms with E-state index in [-0.39, 0.29) is 5.69 Å². The highest BCUT2D eigenvalue weighted by Crippen LogP contribution is 2.22. The summed E-state index contributed by atoms with van der Waals surface area (Å²) in [6.45, 7) is 7.17. The van der Waals surface area contributed by atoms with Gasteiger partial charge < -0.3 is 10.0 Å². The number of carbonyl (C=O) groups is 1. The highest BCUT2D eigenvalue weighted by Gasteiger charge is 2.23. The molecule has 0 aliphatic rings. The van der Waals surface area contributed by atoms with Crippen LogP contribution >= 0.6 is 0 Å². The lowest BCUT2D eigenvalue weighted by atomic mass is 10.1. The monoisotopic (exact) mass is 350 g/mol. The standard InChI is InChI=1S/C20H22N4O2/c1-4-23(13-16-10-6-5-7-11-16)19-18(20(25)26)21-24(22-19)17-12-8-9-14(2)15(17)3/h5-12H,4,13H2,1-3H3,(H,25,26). The molecule has 2 aromatic carbocycles. The molecule has 1 N–H and O–H groups in total. The van der Waals surface area contributed by atoms with Gasteiger partial charge in [0.05, 0.1) is 5.69 Å². The predicted molar refractivity (Wildman–Crippen MR) is 101 cm³/mol. The zero-order valence-electron chi connectivity index (χ0n) is 15.2. The largest absolute Gasteiger partial charge is 0.476 e. The molecular weight excluding hydrogens is 328 g/mol. The number of aromatic carboxylic acids is 1. The Morgan fingerprint density at radius 1 is 1.08 bits per heavy atom. The molecule has 0 bridgehead atoms. The minimum atomic E-state index is -1.08. The third-order valence-electron chi connectivity index (χ3n) is 4.49. The maximum absolute atomic E-state index is 11.7. The van der Waals surface area contributed by atoms with E-state index < -0.39 is 5.97 Å². The second kappa shape index (κ2) is 7.39. The first-order chi connectivity index (χ1) is 12.5. The molecule has 0 saturated heterocycles. The maximum Gasteiger partial charge on any atom is 0.360 e. The second-order valence-electron chi connectivity index (χ2n) is 6.19. The van der Waals surface area contributed by atoms with Crippen LogP contribution in [0.25, 0.3) is 5.69 Å². The molecule has 0 fully saturated rings. The van der Waals surface area contributed by atoms with Crippen LogP contribution in [0.1, 0.15) is 34.1 Å². The lowest BCUT2D eigenvalue weighted by molar-refractivity contribution is 0.0690. The lowest BCUT2D eigenvalue weighted by Gasteiger charge is -2.20. The maximum atomic E-state index is 11.7. The summed E-state index contributed by atoms with van der Waals surface area (Å²) in [4.78, 5) is 15.1. The molecule has 0 saturated carbocycles. The normalized spacial score (nSPS) is 10.7. The number of anilines is 1. The number of aromatic nitrogens is 3. The Hall–Kier alpha value is -3.15. The third-order valence-corrected chi connectivity index (χ3v) is 4.49. The molecule has 1 heterocycles. The minimum absolute atomic E-state index is 0.0383. The Morgan fingerprint density at radius 3 is 2.46 bits per heavy atom. The van der Waals surface area contributed by atoms with Crippen molar-refractivity contribution in [1.82, 2.24) is 15.0 Å². The van der Waals surface area contributed by atoms with Crippen molar-refractivity contribution in [2.24, 2.45) is 0 Å². The van der Waals surface area contributed by atoms with Gasteiger partial charge in [0, 0.05) is 13.1 Å². The molecule has 1 aromatic heterocycles. The summed E-state index contributed by atoms with van der Waals surface area (Å²) >= 11 is 0. The van der Waals surface area contributed by atoms with E-state index in [9.17, 15) is 9.90 Å². The molecule has 0 amide bonds. The van der Waals surface area contributed by atoms with Crippen LogP contribution < -0.4 is 4.90 Å². The number of nitrogens with zero attached hydrogens (tertiary/aromatic N) is 4. The molecule has 3 aromatic rings. The fraction of sp³-hybridized carbons (Fsp3) is 0.250. The van der Waals surface area contributed by atoms with Crippen LogP contribution in [0.2, 0.25) is 0 Å². The topological polar surface area (TPSA) is 71.2 Å². The third kappa shape index (κ3) is 3.44. The van der Waals surface area contributed by atoms with E-state index in [0.717, 1.165) is 22.4 Å². The van der Waals surface area contributed by atoms with Gasteiger partial charge in [-0.2, -0.15) is 0 Å². The summed E-state index contributed by atoms with van der Waals surface area (Å²) in [5.74, 6) is -0.701. The Labute approximate surface area is 152 Å². The quantitative estimate of drug-likeness (QED) is 0.735. The Bertz CT molecular complexity index is 919. The average molecular weight is 350 g/mol. The Kier molecular flexibility index (Phi) is 5.02. The van der Waals surface area contributed by atoms with Crippen LogP contribution in [0.4, 0.5) is 5.82 Å². The number of benzene rings is 2. The van der Waals surface area contributed by atoms with Crippen LogP contribution in [0.3, 0.4) is 0 Å². The molecule has 0 aliphatic heterocycles. The molecule has 0 spiro atoms. The van der Waals surface area contributed by atoms with Gasteiger partial charge in [0.25, 0.3) is 0 Å². The molecule has 3 rings (SSSR count). The van der Waals surface area contributed by atoms with E-state index in [4.69, 9.17) is 0 Å². The zero-order valence-corrected chi connectivity index (χ0v) is 15.2. The fourth-order valence-electron chi connectivity index (χ4n) is 2.85. The van der Waals surface area contributed by atoms with E-state index in [1.54, 1.807) is 0 Å². The molecule has 26 heavy (non-hydrogen) atoms. The number of aryl methyl sites for hydroxylation is 1. The van der Waals surface area contributed by atoms with Gasteiger partial charge in [-0.25, -0.2) is 4.79 Å². The van der Waals surface area contributed by atoms with Gasteiger partial charge in [0.2, 0.25) is 5.69 Å². The van der Waals surface area contributed by atoms with Crippen molar-refractivity contribution in [2.75, 3.05) is 11.4 Å². The van der Waals surface area contributed by atoms with Gasteiger partial charge in [0.15, 0.2) is 5.82 Å². The first-order valence-electron chi connectivity index (χ1n) is 8.57. The Balaban J connectivity index is 2.04. The first kappa shape index (κ1) is 17.7. The summed E-state index contributed by atoms with van der Waals surface area (Å²) in [6, 6.07) is 15.7. The van der Waals surface area contributed by atoms with Gasteiger partial charge in [-0.3, -0.25) is 0 Å². The molecular formula is C20H22N4O2. The summed E-state index contributed by atoms with van der Waals surface area (Å²) < 4.78 is 0. The average Bonchev–Trinajstić information content (AvgIpc) is 3.08. The summed E-state index contributed by atoms with van der Waals surface area (Å²) in [7, 11) is 0. The highest BCUT2D eigenvalue weighted by molar-refractivity contribution is 5.91. The molecule has 6 nitrogen and oxygen atoms in total. The van der Waals surface area contributed by atoms with Gasteiger partial charge >= 0.3 is 5.97 Å². The first-order valence-corrected chi connectivity index (χ1v) is 8.57. The van der Waals surface area contributed by atoms with E-state index in [0.29, 0.717) is 18.9 Å². The Morgan fingerprint density at radius 2 is 1.81 bits per heavy atom. The van der Waals surface area contributed by atoms with Gasteiger partial charge in [-0.05, 0) is 43.5 Å². The molecule has 6 heteroatoms. The molecule has 0 unspecified atom stereocenters. The van der Waals surface area contributed by atoms with Gasteiger partial charge in [-0.15, -0.1) is 15.0 Å². The highest BCUT2D eigenvalue weighted by atomic mass is 16.4. The molecule has 0 radical (unpaired) electrons. The smallest absolute Gasteiger partial charge is 0.360 e.